The maximum absolute atomic E-state index is 11.9. The molecule has 0 spiro atoms. The molecule has 0 amide bonds. The van der Waals surface area contributed by atoms with Gasteiger partial charge in [0, 0.05) is 24.4 Å². The summed E-state index contributed by atoms with van der Waals surface area (Å²) in [5, 5.41) is 11.2. The summed E-state index contributed by atoms with van der Waals surface area (Å²) in [6, 6.07) is 13.5. The summed E-state index contributed by atoms with van der Waals surface area (Å²) in [5.74, 6) is -0.384. The molecule has 3 aromatic rings. The van der Waals surface area contributed by atoms with E-state index in [1.54, 1.807) is 30.1 Å². The van der Waals surface area contributed by atoms with E-state index in [4.69, 9.17) is 4.74 Å². The molecule has 0 unspecified atom stereocenters. The van der Waals surface area contributed by atoms with Gasteiger partial charge < -0.3 is 14.2 Å². The van der Waals surface area contributed by atoms with Gasteiger partial charge in [-0.2, -0.15) is 4.73 Å². The Hall–Kier alpha value is -2.60. The van der Waals surface area contributed by atoms with Gasteiger partial charge in [0.15, 0.2) is 0 Å². The number of methoxy groups -OCH3 is 1. The van der Waals surface area contributed by atoms with Crippen molar-refractivity contribution in [1.82, 2.24) is 4.73 Å². The lowest BCUT2D eigenvalue weighted by Crippen LogP contribution is -2.04. The van der Waals surface area contributed by atoms with Gasteiger partial charge in [0.05, 0.1) is 23.9 Å². The summed E-state index contributed by atoms with van der Waals surface area (Å²) in [6.07, 6.45) is 2.70. The van der Waals surface area contributed by atoms with Crippen LogP contribution in [0.2, 0.25) is 0 Å². The number of carbonyl (C=O) groups excluding carboxylic acids is 1. The predicted molar refractivity (Wildman–Crippen MR) is 106 cm³/mol. The third-order valence-electron chi connectivity index (χ3n) is 4.68. The molecular weight excluding hydrogens is 348 g/mol. The molecule has 0 saturated carbocycles. The summed E-state index contributed by atoms with van der Waals surface area (Å²) in [5.41, 5.74) is 5.21. The molecule has 6 heteroatoms. The van der Waals surface area contributed by atoms with Gasteiger partial charge in [-0.25, -0.2) is 4.79 Å². The molecule has 1 N–H and O–H groups in total. The fraction of sp³-hybridized carbons (Fsp3) is 0.250. The number of hydrogen-bond acceptors (Lipinski definition) is 5. The number of rotatable bonds is 5. The van der Waals surface area contributed by atoms with Crippen LogP contribution in [-0.2, 0) is 11.2 Å². The van der Waals surface area contributed by atoms with Crippen LogP contribution in [0.4, 0.5) is 5.69 Å². The molecule has 0 aliphatic carbocycles. The molecule has 3 rings (SSSR count). The molecule has 5 nitrogen and oxygen atoms in total. The zero-order chi connectivity index (χ0) is 18.8. The van der Waals surface area contributed by atoms with Crippen LogP contribution in [0.15, 0.2) is 42.5 Å². The van der Waals surface area contributed by atoms with Gasteiger partial charge in [-0.1, -0.05) is 24.1 Å². The zero-order valence-electron chi connectivity index (χ0n) is 15.3. The van der Waals surface area contributed by atoms with E-state index >= 15 is 0 Å². The van der Waals surface area contributed by atoms with Crippen molar-refractivity contribution in [2.75, 3.05) is 24.7 Å². The highest BCUT2D eigenvalue weighted by Crippen LogP contribution is 2.29. The molecule has 26 heavy (non-hydrogen) atoms. The molecule has 0 aliphatic heterocycles. The van der Waals surface area contributed by atoms with Gasteiger partial charge in [-0.05, 0) is 54.8 Å². The Labute approximate surface area is 157 Å². The number of esters is 1. The summed E-state index contributed by atoms with van der Waals surface area (Å²) >= 11 is 1.65. The van der Waals surface area contributed by atoms with Crippen molar-refractivity contribution in [3.05, 3.63) is 64.8 Å². The van der Waals surface area contributed by atoms with E-state index in [0.29, 0.717) is 17.5 Å². The van der Waals surface area contributed by atoms with E-state index in [1.807, 2.05) is 20.2 Å². The van der Waals surface area contributed by atoms with Crippen molar-refractivity contribution in [3.8, 4) is 0 Å². The van der Waals surface area contributed by atoms with E-state index in [9.17, 15) is 10.0 Å². The second kappa shape index (κ2) is 7.33. The van der Waals surface area contributed by atoms with Crippen LogP contribution in [0, 0.1) is 6.92 Å². The number of anilines is 1. The van der Waals surface area contributed by atoms with Crippen LogP contribution in [0.3, 0.4) is 0 Å². The average Bonchev–Trinajstić information content (AvgIpc) is 2.91. The van der Waals surface area contributed by atoms with E-state index in [2.05, 4.69) is 28.6 Å². The number of benzene rings is 2. The monoisotopic (exact) mass is 370 g/mol. The number of ether oxygens (including phenoxy) is 1. The average molecular weight is 370 g/mol. The zero-order valence-corrected chi connectivity index (χ0v) is 16.1. The van der Waals surface area contributed by atoms with Crippen molar-refractivity contribution in [2.24, 2.45) is 0 Å². The standard InChI is InChI=1S/C20H22N2O3S/c1-13-17(11-14-5-8-16(9-6-14)21(2)26-4)18-12-15(20(23)25-3)7-10-19(18)22(13)24/h5-10,12,24H,11H2,1-4H3. The topological polar surface area (TPSA) is 54.7 Å². The molecule has 1 aromatic heterocycles. The Morgan fingerprint density at radius 1 is 1.23 bits per heavy atom. The number of aromatic nitrogens is 1. The lowest BCUT2D eigenvalue weighted by molar-refractivity contribution is 0.0601. The van der Waals surface area contributed by atoms with Gasteiger partial charge in [0.1, 0.15) is 0 Å². The highest BCUT2D eigenvalue weighted by atomic mass is 32.2. The lowest BCUT2D eigenvalue weighted by atomic mass is 10.0. The summed E-state index contributed by atoms with van der Waals surface area (Å²) < 4.78 is 8.09. The summed E-state index contributed by atoms with van der Waals surface area (Å²) in [6.45, 7) is 1.88. The largest absolute Gasteiger partial charge is 0.465 e. The molecule has 0 aliphatic rings. The van der Waals surface area contributed by atoms with Gasteiger partial charge in [-0.3, -0.25) is 0 Å². The molecule has 0 fully saturated rings. The number of fused-ring (bicyclic) bond motifs is 1. The highest BCUT2D eigenvalue weighted by molar-refractivity contribution is 7.99. The van der Waals surface area contributed by atoms with E-state index in [-0.39, 0.29) is 5.97 Å². The maximum Gasteiger partial charge on any atom is 0.337 e. The first-order valence-electron chi connectivity index (χ1n) is 8.24. The second-order valence-corrected chi connectivity index (χ2v) is 7.04. The predicted octanol–water partition coefficient (Wildman–Crippen LogP) is 4.28. The van der Waals surface area contributed by atoms with Gasteiger partial charge in [0.25, 0.3) is 0 Å². The molecule has 136 valence electrons. The summed E-state index contributed by atoms with van der Waals surface area (Å²) in [4.78, 5) is 11.9. The first-order chi connectivity index (χ1) is 12.5. The Bertz CT molecular complexity index is 948. The number of carbonyl (C=O) groups is 1. The fourth-order valence-electron chi connectivity index (χ4n) is 3.07. The van der Waals surface area contributed by atoms with E-state index in [0.717, 1.165) is 27.9 Å². The Morgan fingerprint density at radius 2 is 1.92 bits per heavy atom. The molecule has 0 saturated heterocycles. The van der Waals surface area contributed by atoms with Crippen LogP contribution in [0.5, 0.6) is 0 Å². The van der Waals surface area contributed by atoms with Gasteiger partial charge >= 0.3 is 5.97 Å². The minimum Gasteiger partial charge on any atom is -0.465 e. The number of hydrogen-bond donors (Lipinski definition) is 1. The van der Waals surface area contributed by atoms with E-state index in [1.165, 1.54) is 11.8 Å². The minimum absolute atomic E-state index is 0.384. The van der Waals surface area contributed by atoms with E-state index < -0.39 is 0 Å². The van der Waals surface area contributed by atoms with Crippen LogP contribution in [0.1, 0.15) is 27.2 Å². The van der Waals surface area contributed by atoms with Crippen LogP contribution < -0.4 is 4.31 Å². The van der Waals surface area contributed by atoms with Crippen molar-refractivity contribution < 1.29 is 14.7 Å². The van der Waals surface area contributed by atoms with Crippen molar-refractivity contribution in [3.63, 3.8) is 0 Å². The maximum atomic E-state index is 11.9. The van der Waals surface area contributed by atoms with Crippen molar-refractivity contribution in [2.45, 2.75) is 13.3 Å². The Kier molecular flexibility index (Phi) is 5.13. The normalized spacial score (nSPS) is 10.9. The lowest BCUT2D eigenvalue weighted by Gasteiger charge is -2.15. The molecule has 0 radical (unpaired) electrons. The highest BCUT2D eigenvalue weighted by Gasteiger charge is 2.17. The number of nitrogens with zero attached hydrogens (tertiary/aromatic N) is 2. The Balaban J connectivity index is 2.01. The molecular formula is C20H22N2O3S. The first-order valence-corrected chi connectivity index (χ1v) is 9.42. The van der Waals surface area contributed by atoms with Gasteiger partial charge in [-0.15, -0.1) is 0 Å². The second-order valence-electron chi connectivity index (χ2n) is 6.12. The van der Waals surface area contributed by atoms with Crippen molar-refractivity contribution >= 4 is 34.5 Å². The quantitative estimate of drug-likeness (QED) is 0.413. The third-order valence-corrected chi connectivity index (χ3v) is 5.44. The summed E-state index contributed by atoms with van der Waals surface area (Å²) in [7, 11) is 3.39. The smallest absolute Gasteiger partial charge is 0.337 e. The van der Waals surface area contributed by atoms with Crippen LogP contribution in [0.25, 0.3) is 10.9 Å². The van der Waals surface area contributed by atoms with Crippen LogP contribution in [-0.4, -0.2) is 36.3 Å². The molecule has 1 heterocycles. The Morgan fingerprint density at radius 3 is 2.54 bits per heavy atom. The fourth-order valence-corrected chi connectivity index (χ4v) is 3.40. The molecule has 0 bridgehead atoms. The SMILES string of the molecule is COC(=O)c1ccc2c(c1)c(Cc1ccc(N(C)SC)cc1)c(C)n2O. The van der Waals surface area contributed by atoms with Crippen molar-refractivity contribution in [1.29, 1.82) is 0 Å². The first kappa shape index (κ1) is 18.2. The molecule has 0 atom stereocenters. The van der Waals surface area contributed by atoms with Crippen LogP contribution >= 0.6 is 11.9 Å². The third kappa shape index (κ3) is 3.24. The van der Waals surface area contributed by atoms with Gasteiger partial charge in [0.2, 0.25) is 0 Å². The molecule has 2 aromatic carbocycles. The minimum atomic E-state index is -0.384.